The van der Waals surface area contributed by atoms with E-state index in [1.165, 1.54) is 11.3 Å². The van der Waals surface area contributed by atoms with Gasteiger partial charge >= 0.3 is 0 Å². The van der Waals surface area contributed by atoms with Crippen LogP contribution >= 0.6 is 11.3 Å². The fourth-order valence-electron chi connectivity index (χ4n) is 1.07. The van der Waals surface area contributed by atoms with Crippen LogP contribution in [0, 0.1) is 0 Å². The van der Waals surface area contributed by atoms with E-state index >= 15 is 0 Å². The molecular formula is C8H8N2S. The molecule has 0 unspecified atom stereocenters. The zero-order chi connectivity index (χ0) is 7.68. The molecule has 0 fully saturated rings. The maximum atomic E-state index is 4.09. The minimum absolute atomic E-state index is 1.17. The van der Waals surface area contributed by atoms with E-state index in [9.17, 15) is 0 Å². The van der Waals surface area contributed by atoms with E-state index in [-0.39, 0.29) is 0 Å². The van der Waals surface area contributed by atoms with E-state index < -0.39 is 0 Å². The summed E-state index contributed by atoms with van der Waals surface area (Å²) >= 11 is 1.71. The Balaban J connectivity index is 2.53. The minimum atomic E-state index is 1.17. The Labute approximate surface area is 69.1 Å². The molecule has 0 aliphatic rings. The average molecular weight is 164 g/mol. The quantitative estimate of drug-likeness (QED) is 0.631. The van der Waals surface area contributed by atoms with Crippen LogP contribution in [0.25, 0.3) is 11.3 Å². The Morgan fingerprint density at radius 1 is 1.45 bits per heavy atom. The Kier molecular flexibility index (Phi) is 1.51. The maximum absolute atomic E-state index is 4.09. The van der Waals surface area contributed by atoms with Crippen LogP contribution in [-0.2, 0) is 7.05 Å². The van der Waals surface area contributed by atoms with Crippen molar-refractivity contribution in [2.45, 2.75) is 0 Å². The summed E-state index contributed by atoms with van der Waals surface area (Å²) in [6.45, 7) is 0. The highest BCUT2D eigenvalue weighted by Gasteiger charge is 2.00. The van der Waals surface area contributed by atoms with E-state index in [2.05, 4.69) is 21.9 Å². The second-order valence-corrected chi connectivity index (χ2v) is 3.13. The number of hydrogen-bond acceptors (Lipinski definition) is 2. The van der Waals surface area contributed by atoms with Gasteiger partial charge in [0.1, 0.15) is 0 Å². The molecule has 2 heterocycles. The third-order valence-corrected chi connectivity index (χ3v) is 2.32. The smallest absolute Gasteiger partial charge is 0.0687 e. The summed E-state index contributed by atoms with van der Waals surface area (Å²) in [5, 5.41) is 8.29. The molecule has 0 amide bonds. The van der Waals surface area contributed by atoms with Gasteiger partial charge in [0, 0.05) is 24.2 Å². The van der Waals surface area contributed by atoms with Gasteiger partial charge in [-0.3, -0.25) is 4.68 Å². The molecule has 3 heteroatoms. The highest BCUT2D eigenvalue weighted by Crippen LogP contribution is 2.20. The van der Waals surface area contributed by atoms with Gasteiger partial charge in [0.2, 0.25) is 0 Å². The van der Waals surface area contributed by atoms with Crippen molar-refractivity contribution in [3.63, 3.8) is 0 Å². The van der Waals surface area contributed by atoms with E-state index in [0.29, 0.717) is 0 Å². The van der Waals surface area contributed by atoms with Gasteiger partial charge in [0.05, 0.1) is 5.69 Å². The van der Waals surface area contributed by atoms with Gasteiger partial charge in [-0.2, -0.15) is 16.4 Å². The molecule has 0 saturated carbocycles. The summed E-state index contributed by atoms with van der Waals surface area (Å²) in [7, 11) is 1.95. The van der Waals surface area contributed by atoms with Gasteiger partial charge in [0.25, 0.3) is 0 Å². The first-order valence-electron chi connectivity index (χ1n) is 3.38. The lowest BCUT2D eigenvalue weighted by molar-refractivity contribution is 0.776. The second kappa shape index (κ2) is 2.51. The van der Waals surface area contributed by atoms with E-state index in [4.69, 9.17) is 0 Å². The number of aryl methyl sites for hydroxylation is 1. The molecule has 0 radical (unpaired) electrons. The lowest BCUT2D eigenvalue weighted by Gasteiger charge is -1.95. The third-order valence-electron chi connectivity index (χ3n) is 1.64. The molecular weight excluding hydrogens is 156 g/mol. The van der Waals surface area contributed by atoms with Crippen molar-refractivity contribution < 1.29 is 0 Å². The first-order chi connectivity index (χ1) is 5.38. The molecule has 2 nitrogen and oxygen atoms in total. The van der Waals surface area contributed by atoms with Crippen molar-refractivity contribution in [1.82, 2.24) is 9.78 Å². The molecule has 56 valence electrons. The topological polar surface area (TPSA) is 17.8 Å². The first kappa shape index (κ1) is 6.61. The second-order valence-electron chi connectivity index (χ2n) is 2.35. The normalized spacial score (nSPS) is 10.3. The molecule has 0 aromatic carbocycles. The van der Waals surface area contributed by atoms with Crippen LogP contribution in [0.2, 0.25) is 0 Å². The van der Waals surface area contributed by atoms with Crippen molar-refractivity contribution in [2.75, 3.05) is 0 Å². The van der Waals surface area contributed by atoms with E-state index in [0.717, 1.165) is 0 Å². The van der Waals surface area contributed by atoms with Gasteiger partial charge < -0.3 is 0 Å². The Morgan fingerprint density at radius 2 is 2.36 bits per heavy atom. The molecule has 11 heavy (non-hydrogen) atoms. The number of nitrogens with zero attached hydrogens (tertiary/aromatic N) is 2. The maximum Gasteiger partial charge on any atom is 0.0687 e. The predicted octanol–water partition coefficient (Wildman–Crippen LogP) is 2.15. The summed E-state index contributed by atoms with van der Waals surface area (Å²) in [6.07, 6.45) is 1.81. The van der Waals surface area contributed by atoms with Crippen LogP contribution in [-0.4, -0.2) is 9.78 Å². The van der Waals surface area contributed by atoms with Crippen LogP contribution in [0.3, 0.4) is 0 Å². The average Bonchev–Trinajstić information content (AvgIpc) is 2.55. The summed E-state index contributed by atoms with van der Waals surface area (Å²) in [5.74, 6) is 0. The van der Waals surface area contributed by atoms with Crippen molar-refractivity contribution in [1.29, 1.82) is 0 Å². The molecule has 2 rings (SSSR count). The van der Waals surface area contributed by atoms with Gasteiger partial charge in [-0.25, -0.2) is 0 Å². The van der Waals surface area contributed by atoms with Gasteiger partial charge in [0.15, 0.2) is 0 Å². The van der Waals surface area contributed by atoms with E-state index in [1.54, 1.807) is 11.3 Å². The van der Waals surface area contributed by atoms with Gasteiger partial charge in [-0.1, -0.05) is 0 Å². The SMILES string of the molecule is Cn1nccc1-c1ccsc1. The Hall–Kier alpha value is -1.09. The highest BCUT2D eigenvalue weighted by atomic mass is 32.1. The van der Waals surface area contributed by atoms with Crippen LogP contribution in [0.1, 0.15) is 0 Å². The number of thiophene rings is 1. The molecule has 2 aromatic heterocycles. The van der Waals surface area contributed by atoms with Crippen molar-refractivity contribution >= 4 is 11.3 Å². The summed E-state index contributed by atoms with van der Waals surface area (Å²) in [5.41, 5.74) is 2.42. The molecule has 0 N–H and O–H groups in total. The standard InChI is InChI=1S/C8H8N2S/c1-10-8(2-4-9-10)7-3-5-11-6-7/h2-6H,1H3. The first-order valence-corrected chi connectivity index (χ1v) is 4.33. The number of aromatic nitrogens is 2. The molecule has 0 aliphatic carbocycles. The molecule has 0 saturated heterocycles. The van der Waals surface area contributed by atoms with Crippen molar-refractivity contribution in [2.24, 2.45) is 7.05 Å². The summed E-state index contributed by atoms with van der Waals surface area (Å²) < 4.78 is 1.88. The Morgan fingerprint density at radius 3 is 2.91 bits per heavy atom. The molecule has 0 aliphatic heterocycles. The minimum Gasteiger partial charge on any atom is -0.268 e. The molecule has 0 bridgehead atoms. The molecule has 0 atom stereocenters. The largest absolute Gasteiger partial charge is 0.268 e. The van der Waals surface area contributed by atoms with Crippen LogP contribution in [0.4, 0.5) is 0 Å². The molecule has 0 spiro atoms. The van der Waals surface area contributed by atoms with Crippen molar-refractivity contribution in [3.05, 3.63) is 29.1 Å². The van der Waals surface area contributed by atoms with Gasteiger partial charge in [-0.15, -0.1) is 0 Å². The van der Waals surface area contributed by atoms with Gasteiger partial charge in [-0.05, 0) is 17.5 Å². The van der Waals surface area contributed by atoms with Crippen molar-refractivity contribution in [3.8, 4) is 11.3 Å². The zero-order valence-corrected chi connectivity index (χ0v) is 7.01. The lowest BCUT2D eigenvalue weighted by Crippen LogP contribution is -1.91. The summed E-state index contributed by atoms with van der Waals surface area (Å²) in [4.78, 5) is 0. The third kappa shape index (κ3) is 1.07. The monoisotopic (exact) mass is 164 g/mol. The van der Waals surface area contributed by atoms with Crippen LogP contribution < -0.4 is 0 Å². The highest BCUT2D eigenvalue weighted by molar-refractivity contribution is 7.08. The molecule has 2 aromatic rings. The lowest BCUT2D eigenvalue weighted by atomic mass is 10.2. The predicted molar refractivity (Wildman–Crippen MR) is 46.5 cm³/mol. The summed E-state index contributed by atoms with van der Waals surface area (Å²) in [6, 6.07) is 4.11. The number of hydrogen-bond donors (Lipinski definition) is 0. The fraction of sp³-hybridized carbons (Fsp3) is 0.125. The van der Waals surface area contributed by atoms with Crippen LogP contribution in [0.5, 0.6) is 0 Å². The fourth-order valence-corrected chi connectivity index (χ4v) is 1.72. The number of rotatable bonds is 1. The van der Waals surface area contributed by atoms with Crippen LogP contribution in [0.15, 0.2) is 29.1 Å². The Bertz CT molecular complexity index is 335. The zero-order valence-electron chi connectivity index (χ0n) is 6.19. The van der Waals surface area contributed by atoms with E-state index in [1.807, 2.05) is 24.0 Å².